The average Bonchev–Trinajstić information content (AvgIpc) is 3.04. The van der Waals surface area contributed by atoms with Crippen LogP contribution in [0.25, 0.3) is 0 Å². The van der Waals surface area contributed by atoms with E-state index in [4.69, 9.17) is 4.74 Å². The summed E-state index contributed by atoms with van der Waals surface area (Å²) >= 11 is 0. The standard InChI is InChI=1S/C16H27N3O4S/c1-12(2)4-5-13(3)18-16(20)15-10-14(11-17-15)24(21,22)19-6-8-23-9-7-19/h10-13,17H,4-9H2,1-3H3,(H,18,20). The van der Waals surface area contributed by atoms with Crippen molar-refractivity contribution in [1.29, 1.82) is 0 Å². The van der Waals surface area contributed by atoms with E-state index < -0.39 is 10.0 Å². The number of carbonyl (C=O) groups excluding carboxylic acids is 1. The van der Waals surface area contributed by atoms with Gasteiger partial charge in [-0.05, 0) is 31.7 Å². The molecular weight excluding hydrogens is 330 g/mol. The summed E-state index contributed by atoms with van der Waals surface area (Å²) in [5.74, 6) is 0.301. The molecule has 1 amide bonds. The normalized spacial score (nSPS) is 17.8. The van der Waals surface area contributed by atoms with Crippen molar-refractivity contribution in [3.8, 4) is 0 Å². The van der Waals surface area contributed by atoms with Crippen molar-refractivity contribution in [2.45, 2.75) is 44.6 Å². The van der Waals surface area contributed by atoms with Gasteiger partial charge >= 0.3 is 0 Å². The molecule has 1 aliphatic heterocycles. The third-order valence-corrected chi connectivity index (χ3v) is 5.94. The van der Waals surface area contributed by atoms with E-state index in [-0.39, 0.29) is 22.5 Å². The summed E-state index contributed by atoms with van der Waals surface area (Å²) in [5, 5.41) is 2.90. The Bertz CT molecular complexity index is 648. The number of morpholine rings is 1. The zero-order chi connectivity index (χ0) is 17.7. The van der Waals surface area contributed by atoms with Crippen LogP contribution >= 0.6 is 0 Å². The predicted molar refractivity (Wildman–Crippen MR) is 91.4 cm³/mol. The highest BCUT2D eigenvalue weighted by Crippen LogP contribution is 2.18. The van der Waals surface area contributed by atoms with Gasteiger partial charge in [0.05, 0.1) is 13.2 Å². The molecule has 0 spiro atoms. The molecule has 1 aromatic rings. The first kappa shape index (κ1) is 19.0. The van der Waals surface area contributed by atoms with Crippen molar-refractivity contribution in [3.05, 3.63) is 18.0 Å². The van der Waals surface area contributed by atoms with Crippen LogP contribution in [0.1, 0.15) is 44.1 Å². The second kappa shape index (κ2) is 8.13. The van der Waals surface area contributed by atoms with Crippen molar-refractivity contribution in [2.24, 2.45) is 5.92 Å². The summed E-state index contributed by atoms with van der Waals surface area (Å²) in [6, 6.07) is 1.44. The number of amides is 1. The first-order chi connectivity index (χ1) is 11.3. The van der Waals surface area contributed by atoms with E-state index in [0.717, 1.165) is 12.8 Å². The van der Waals surface area contributed by atoms with Gasteiger partial charge in [0, 0.05) is 25.3 Å². The molecule has 2 N–H and O–H groups in total. The molecule has 1 atom stereocenters. The third-order valence-electron chi connectivity index (χ3n) is 4.06. The van der Waals surface area contributed by atoms with Gasteiger partial charge in [0.1, 0.15) is 10.6 Å². The fraction of sp³-hybridized carbons (Fsp3) is 0.688. The predicted octanol–water partition coefficient (Wildman–Crippen LogP) is 1.59. The Morgan fingerprint density at radius 1 is 1.29 bits per heavy atom. The minimum atomic E-state index is -3.58. The van der Waals surface area contributed by atoms with E-state index in [2.05, 4.69) is 24.1 Å². The van der Waals surface area contributed by atoms with Gasteiger partial charge in [-0.25, -0.2) is 8.42 Å². The number of sulfonamides is 1. The van der Waals surface area contributed by atoms with E-state index in [0.29, 0.717) is 32.2 Å². The molecule has 0 aliphatic carbocycles. The SMILES string of the molecule is CC(C)CCC(C)NC(=O)c1cc(S(=O)(=O)N2CCOCC2)c[nH]1. The van der Waals surface area contributed by atoms with Crippen LogP contribution in [0.15, 0.2) is 17.2 Å². The molecule has 0 radical (unpaired) electrons. The lowest BCUT2D eigenvalue weighted by Crippen LogP contribution is -2.40. The number of hydrogen-bond acceptors (Lipinski definition) is 4. The highest BCUT2D eigenvalue weighted by molar-refractivity contribution is 7.89. The second-order valence-electron chi connectivity index (χ2n) is 6.61. The number of rotatable bonds is 7. The van der Waals surface area contributed by atoms with E-state index in [1.54, 1.807) is 0 Å². The average molecular weight is 357 g/mol. The fourth-order valence-electron chi connectivity index (χ4n) is 2.55. The van der Waals surface area contributed by atoms with Crippen LogP contribution in [-0.2, 0) is 14.8 Å². The Hall–Kier alpha value is -1.38. The Kier molecular flexibility index (Phi) is 6.42. The lowest BCUT2D eigenvalue weighted by molar-refractivity contribution is 0.0730. The molecular formula is C16H27N3O4S. The third kappa shape index (κ3) is 4.81. The number of nitrogens with one attached hydrogen (secondary N) is 2. The van der Waals surface area contributed by atoms with Gasteiger partial charge in [0.15, 0.2) is 0 Å². The quantitative estimate of drug-likeness (QED) is 0.775. The number of aromatic nitrogens is 1. The van der Waals surface area contributed by atoms with Crippen LogP contribution in [-0.4, -0.2) is 56.0 Å². The minimum Gasteiger partial charge on any atom is -0.379 e. The molecule has 1 unspecified atom stereocenters. The first-order valence-corrected chi connectivity index (χ1v) is 9.82. The van der Waals surface area contributed by atoms with Crippen LogP contribution in [0.4, 0.5) is 0 Å². The maximum atomic E-state index is 12.5. The van der Waals surface area contributed by atoms with Gasteiger partial charge in [-0.1, -0.05) is 13.8 Å². The zero-order valence-electron chi connectivity index (χ0n) is 14.5. The van der Waals surface area contributed by atoms with Gasteiger partial charge in [0.25, 0.3) is 5.91 Å². The molecule has 0 aromatic carbocycles. The summed E-state index contributed by atoms with van der Waals surface area (Å²) < 4.78 is 31.6. The van der Waals surface area contributed by atoms with E-state index in [9.17, 15) is 13.2 Å². The highest BCUT2D eigenvalue weighted by Gasteiger charge is 2.28. The van der Waals surface area contributed by atoms with Crippen molar-refractivity contribution in [2.75, 3.05) is 26.3 Å². The largest absolute Gasteiger partial charge is 0.379 e. The number of aromatic amines is 1. The number of carbonyl (C=O) groups is 1. The fourth-order valence-corrected chi connectivity index (χ4v) is 3.95. The summed E-state index contributed by atoms with van der Waals surface area (Å²) in [4.78, 5) is 15.1. The number of hydrogen-bond donors (Lipinski definition) is 2. The molecule has 1 fully saturated rings. The van der Waals surface area contributed by atoms with E-state index in [1.807, 2.05) is 6.92 Å². The molecule has 1 aliphatic rings. The highest BCUT2D eigenvalue weighted by atomic mass is 32.2. The number of H-pyrrole nitrogens is 1. The molecule has 2 heterocycles. The van der Waals surface area contributed by atoms with Crippen LogP contribution in [0.2, 0.25) is 0 Å². The number of nitrogens with zero attached hydrogens (tertiary/aromatic N) is 1. The topological polar surface area (TPSA) is 91.5 Å². The van der Waals surface area contributed by atoms with Crippen molar-refractivity contribution >= 4 is 15.9 Å². The Labute approximate surface area is 143 Å². The van der Waals surface area contributed by atoms with Gasteiger partial charge in [0.2, 0.25) is 10.0 Å². The van der Waals surface area contributed by atoms with Gasteiger partial charge < -0.3 is 15.0 Å². The summed E-state index contributed by atoms with van der Waals surface area (Å²) in [5.41, 5.74) is 0.262. The van der Waals surface area contributed by atoms with Gasteiger partial charge in [-0.15, -0.1) is 0 Å². The summed E-state index contributed by atoms with van der Waals surface area (Å²) in [6.07, 6.45) is 3.30. The van der Waals surface area contributed by atoms with Crippen molar-refractivity contribution < 1.29 is 17.9 Å². The molecule has 0 saturated carbocycles. The smallest absolute Gasteiger partial charge is 0.267 e. The molecule has 2 rings (SSSR count). The lowest BCUT2D eigenvalue weighted by Gasteiger charge is -2.25. The lowest BCUT2D eigenvalue weighted by atomic mass is 10.0. The van der Waals surface area contributed by atoms with Crippen molar-refractivity contribution in [3.63, 3.8) is 0 Å². The molecule has 7 nitrogen and oxygen atoms in total. The molecule has 0 bridgehead atoms. The zero-order valence-corrected chi connectivity index (χ0v) is 15.4. The molecule has 24 heavy (non-hydrogen) atoms. The maximum absolute atomic E-state index is 12.5. The molecule has 1 saturated heterocycles. The van der Waals surface area contributed by atoms with Crippen molar-refractivity contribution in [1.82, 2.24) is 14.6 Å². The number of ether oxygens (including phenoxy) is 1. The Balaban J connectivity index is 2.00. The summed E-state index contributed by atoms with van der Waals surface area (Å²) in [7, 11) is -3.58. The van der Waals surface area contributed by atoms with Crippen LogP contribution in [0, 0.1) is 5.92 Å². The van der Waals surface area contributed by atoms with Gasteiger partial charge in [-0.3, -0.25) is 4.79 Å². The first-order valence-electron chi connectivity index (χ1n) is 8.38. The minimum absolute atomic E-state index is 0.0440. The van der Waals surface area contributed by atoms with Crippen LogP contribution in [0.3, 0.4) is 0 Å². The monoisotopic (exact) mass is 357 g/mol. The van der Waals surface area contributed by atoms with Crippen LogP contribution in [0.5, 0.6) is 0 Å². The summed E-state index contributed by atoms with van der Waals surface area (Å²) in [6.45, 7) is 7.69. The maximum Gasteiger partial charge on any atom is 0.267 e. The van der Waals surface area contributed by atoms with E-state index in [1.165, 1.54) is 16.6 Å². The molecule has 136 valence electrons. The Morgan fingerprint density at radius 2 is 1.96 bits per heavy atom. The van der Waals surface area contributed by atoms with E-state index >= 15 is 0 Å². The van der Waals surface area contributed by atoms with Crippen LogP contribution < -0.4 is 5.32 Å². The second-order valence-corrected chi connectivity index (χ2v) is 8.55. The molecule has 1 aromatic heterocycles. The van der Waals surface area contributed by atoms with Gasteiger partial charge in [-0.2, -0.15) is 4.31 Å². The molecule has 8 heteroatoms. The Morgan fingerprint density at radius 3 is 2.58 bits per heavy atom.